The quantitative estimate of drug-likeness (QED) is 0.656. The van der Waals surface area contributed by atoms with E-state index in [4.69, 9.17) is 23.2 Å². The van der Waals surface area contributed by atoms with E-state index in [1.165, 1.54) is 0 Å². The van der Waals surface area contributed by atoms with E-state index in [2.05, 4.69) is 10.1 Å². The molecule has 4 rings (SSSR count). The van der Waals surface area contributed by atoms with Gasteiger partial charge in [0.25, 0.3) is 5.89 Å². The van der Waals surface area contributed by atoms with E-state index < -0.39 is 0 Å². The van der Waals surface area contributed by atoms with E-state index in [0.29, 0.717) is 54.4 Å². The summed E-state index contributed by atoms with van der Waals surface area (Å²) in [6.45, 7) is 8.26. The Morgan fingerprint density at radius 2 is 2.04 bits per heavy atom. The zero-order valence-corrected chi connectivity index (χ0v) is 15.2. The first-order valence-corrected chi connectivity index (χ1v) is 8.96. The summed E-state index contributed by atoms with van der Waals surface area (Å²) in [5.41, 5.74) is 1.57. The minimum absolute atomic E-state index is 0.181. The number of aromatic nitrogens is 2. The Bertz CT molecular complexity index is 908. The summed E-state index contributed by atoms with van der Waals surface area (Å²) in [5, 5.41) is 5.05. The molecule has 138 valence electrons. The van der Waals surface area contributed by atoms with Crippen LogP contribution in [0.25, 0.3) is 22.6 Å². The topological polar surface area (TPSA) is 79.8 Å². The molecule has 1 aliphatic rings. The van der Waals surface area contributed by atoms with Crippen molar-refractivity contribution in [2.24, 2.45) is 0 Å². The first kappa shape index (κ1) is 16.9. The number of furan rings is 1. The minimum atomic E-state index is 0.181. The van der Waals surface area contributed by atoms with E-state index in [9.17, 15) is 0 Å². The lowest BCUT2D eigenvalue weighted by Crippen LogP contribution is -1.99. The highest BCUT2D eigenvalue weighted by Gasteiger charge is 2.26. The largest absolute Gasteiger partial charge is 0.490 e. The lowest BCUT2D eigenvalue weighted by Gasteiger charge is -2.10. The normalized spacial score (nSPS) is 17.1. The molecule has 0 spiro atoms. The second-order valence-electron chi connectivity index (χ2n) is 6.21. The summed E-state index contributed by atoms with van der Waals surface area (Å²) in [4.78, 5) is 4.53. The second kappa shape index (κ2) is 6.99. The Hall–Kier alpha value is -2.54. The maximum Gasteiger partial charge on any atom is 0.293 e. The molecule has 0 bridgehead atoms. The van der Waals surface area contributed by atoms with Crippen molar-refractivity contribution >= 4 is 11.0 Å². The van der Waals surface area contributed by atoms with Crippen LogP contribution in [0.15, 0.2) is 21.1 Å². The number of nitrogens with zero attached hydrogens (tertiary/aromatic N) is 2. The lowest BCUT2D eigenvalue weighted by molar-refractivity contribution is 0.192. The number of fused-ring (bicyclic) bond motifs is 1. The maximum atomic E-state index is 6.10. The number of aryl methyl sites for hydroxylation is 1. The molecule has 1 saturated heterocycles. The zero-order valence-electron chi connectivity index (χ0n) is 15.2. The van der Waals surface area contributed by atoms with Gasteiger partial charge in [-0.1, -0.05) is 5.16 Å². The fraction of sp³-hybridized carbons (Fsp3) is 0.474. The second-order valence-corrected chi connectivity index (χ2v) is 6.21. The van der Waals surface area contributed by atoms with Crippen LogP contribution in [0.2, 0.25) is 0 Å². The molecular formula is C19H22N2O5. The van der Waals surface area contributed by atoms with Crippen LogP contribution < -0.4 is 9.47 Å². The van der Waals surface area contributed by atoms with Gasteiger partial charge in [0.2, 0.25) is 5.75 Å². The molecule has 1 fully saturated rings. The summed E-state index contributed by atoms with van der Waals surface area (Å²) >= 11 is 0. The standard InChI is InChI=1S/C19H22N2O5/c1-4-23-14-7-6-13-11(3)15(25-16(13)17(14)24-5-2)19-20-18(21-26-19)12-8-9-22-10-12/h6-7,12H,4-5,8-10H2,1-3H3. The van der Waals surface area contributed by atoms with E-state index in [1.54, 1.807) is 0 Å². The molecule has 1 aromatic carbocycles. The molecule has 0 N–H and O–H groups in total. The van der Waals surface area contributed by atoms with Crippen LogP contribution in [0.4, 0.5) is 0 Å². The predicted octanol–water partition coefficient (Wildman–Crippen LogP) is 4.09. The van der Waals surface area contributed by atoms with Crippen LogP contribution in [-0.2, 0) is 4.74 Å². The van der Waals surface area contributed by atoms with Gasteiger partial charge in [0, 0.05) is 23.5 Å². The summed E-state index contributed by atoms with van der Waals surface area (Å²) in [6, 6.07) is 3.87. The third kappa shape index (κ3) is 2.82. The Morgan fingerprint density at radius 3 is 2.77 bits per heavy atom. The van der Waals surface area contributed by atoms with Gasteiger partial charge >= 0.3 is 0 Å². The van der Waals surface area contributed by atoms with Gasteiger partial charge in [-0.3, -0.25) is 0 Å². The molecule has 7 heteroatoms. The number of hydrogen-bond donors (Lipinski definition) is 0. The number of benzene rings is 1. The average Bonchev–Trinajstić information content (AvgIpc) is 3.37. The van der Waals surface area contributed by atoms with Gasteiger partial charge in [0.05, 0.1) is 19.8 Å². The monoisotopic (exact) mass is 358 g/mol. The van der Waals surface area contributed by atoms with Gasteiger partial charge in [-0.25, -0.2) is 0 Å². The van der Waals surface area contributed by atoms with Gasteiger partial charge < -0.3 is 23.2 Å². The van der Waals surface area contributed by atoms with Crippen LogP contribution in [0.3, 0.4) is 0 Å². The lowest BCUT2D eigenvalue weighted by atomic mass is 10.1. The molecule has 0 saturated carbocycles. The summed E-state index contributed by atoms with van der Waals surface area (Å²) < 4.78 is 28.4. The zero-order chi connectivity index (χ0) is 18.1. The molecule has 0 aliphatic carbocycles. The first-order chi connectivity index (χ1) is 12.7. The van der Waals surface area contributed by atoms with Crippen LogP contribution in [-0.4, -0.2) is 36.6 Å². The van der Waals surface area contributed by atoms with Crippen molar-refractivity contribution in [3.8, 4) is 23.1 Å². The van der Waals surface area contributed by atoms with Crippen molar-refractivity contribution < 1.29 is 23.2 Å². The van der Waals surface area contributed by atoms with Crippen molar-refractivity contribution in [1.82, 2.24) is 10.1 Å². The highest BCUT2D eigenvalue weighted by Crippen LogP contribution is 2.42. The van der Waals surface area contributed by atoms with E-state index in [-0.39, 0.29) is 5.92 Å². The smallest absolute Gasteiger partial charge is 0.293 e. The van der Waals surface area contributed by atoms with Crippen molar-refractivity contribution in [2.45, 2.75) is 33.1 Å². The molecule has 1 aliphatic heterocycles. The van der Waals surface area contributed by atoms with Crippen molar-refractivity contribution in [3.63, 3.8) is 0 Å². The van der Waals surface area contributed by atoms with Crippen molar-refractivity contribution in [1.29, 1.82) is 0 Å². The van der Waals surface area contributed by atoms with E-state index in [0.717, 1.165) is 24.0 Å². The van der Waals surface area contributed by atoms with E-state index in [1.807, 2.05) is 32.9 Å². The van der Waals surface area contributed by atoms with Crippen molar-refractivity contribution in [3.05, 3.63) is 23.5 Å². The summed E-state index contributed by atoms with van der Waals surface area (Å²) in [5.74, 6) is 3.05. The molecule has 26 heavy (non-hydrogen) atoms. The number of ether oxygens (including phenoxy) is 3. The van der Waals surface area contributed by atoms with Gasteiger partial charge in [-0.15, -0.1) is 0 Å². The fourth-order valence-corrected chi connectivity index (χ4v) is 3.23. The van der Waals surface area contributed by atoms with Crippen LogP contribution in [0.1, 0.15) is 37.6 Å². The molecule has 3 heterocycles. The Balaban J connectivity index is 1.78. The molecule has 2 aromatic heterocycles. The highest BCUT2D eigenvalue weighted by molar-refractivity contribution is 5.92. The summed E-state index contributed by atoms with van der Waals surface area (Å²) in [6.07, 6.45) is 0.907. The molecule has 3 aromatic rings. The molecule has 0 radical (unpaired) electrons. The van der Waals surface area contributed by atoms with E-state index >= 15 is 0 Å². The van der Waals surface area contributed by atoms with Gasteiger partial charge in [-0.05, 0) is 39.3 Å². The van der Waals surface area contributed by atoms with Crippen LogP contribution in [0, 0.1) is 6.92 Å². The maximum absolute atomic E-state index is 6.10. The SMILES string of the molecule is CCOc1ccc2c(C)c(-c3nc(C4CCOC4)no3)oc2c1OCC. The Kier molecular flexibility index (Phi) is 4.55. The molecule has 1 unspecified atom stereocenters. The van der Waals surface area contributed by atoms with Crippen LogP contribution >= 0.6 is 0 Å². The molecule has 0 amide bonds. The number of rotatable bonds is 6. The first-order valence-electron chi connectivity index (χ1n) is 8.96. The predicted molar refractivity (Wildman–Crippen MR) is 94.8 cm³/mol. The summed E-state index contributed by atoms with van der Waals surface area (Å²) in [7, 11) is 0. The Morgan fingerprint density at radius 1 is 1.19 bits per heavy atom. The molecule has 1 atom stereocenters. The van der Waals surface area contributed by atoms with Gasteiger partial charge in [0.15, 0.2) is 22.9 Å². The average molecular weight is 358 g/mol. The minimum Gasteiger partial charge on any atom is -0.490 e. The van der Waals surface area contributed by atoms with Crippen LogP contribution in [0.5, 0.6) is 11.5 Å². The molecule has 7 nitrogen and oxygen atoms in total. The number of hydrogen-bond acceptors (Lipinski definition) is 7. The third-order valence-electron chi connectivity index (χ3n) is 4.54. The highest BCUT2D eigenvalue weighted by atomic mass is 16.5. The van der Waals surface area contributed by atoms with Gasteiger partial charge in [-0.2, -0.15) is 4.98 Å². The van der Waals surface area contributed by atoms with Gasteiger partial charge in [0.1, 0.15) is 0 Å². The fourth-order valence-electron chi connectivity index (χ4n) is 3.23. The Labute approximate surface area is 151 Å². The third-order valence-corrected chi connectivity index (χ3v) is 4.54. The van der Waals surface area contributed by atoms with Crippen molar-refractivity contribution in [2.75, 3.05) is 26.4 Å². The molecular weight excluding hydrogens is 336 g/mol.